The number of methoxy groups -OCH3 is 1. The summed E-state index contributed by atoms with van der Waals surface area (Å²) in [6.45, 7) is 7.56. The molecule has 0 bridgehead atoms. The molecule has 0 aromatic heterocycles. The topological polar surface area (TPSA) is 47.6 Å². The van der Waals surface area contributed by atoms with Gasteiger partial charge < -0.3 is 9.47 Å². The zero-order chi connectivity index (χ0) is 15.3. The highest BCUT2D eigenvalue weighted by Crippen LogP contribution is 2.26. The molecule has 1 atom stereocenters. The third kappa shape index (κ3) is 5.82. The largest absolute Gasteiger partial charge is 0.496 e. The minimum absolute atomic E-state index is 0.362. The Bertz CT molecular complexity index is 467. The van der Waals surface area contributed by atoms with Crippen molar-refractivity contribution in [2.75, 3.05) is 12.4 Å². The molecule has 1 N–H and O–H groups in total. The van der Waals surface area contributed by atoms with Gasteiger partial charge in [0, 0.05) is 16.6 Å². The lowest BCUT2D eigenvalue weighted by atomic mass is 10.1. The molecule has 1 aromatic rings. The lowest BCUT2D eigenvalue weighted by Gasteiger charge is -2.20. The Morgan fingerprint density at radius 1 is 1.40 bits per heavy atom. The van der Waals surface area contributed by atoms with E-state index >= 15 is 0 Å². The molecule has 1 aromatic carbocycles. The lowest BCUT2D eigenvalue weighted by molar-refractivity contribution is 0.0636. The first-order valence-electron chi connectivity index (χ1n) is 6.52. The van der Waals surface area contributed by atoms with Crippen LogP contribution in [-0.4, -0.2) is 23.6 Å². The molecule has 112 valence electrons. The SMILES string of the molecule is COc1cc(NC(=O)OC(C)(C)C)ccc1CC(C)Br. The van der Waals surface area contributed by atoms with Crippen LogP contribution in [0.25, 0.3) is 0 Å². The fraction of sp³-hybridized carbons (Fsp3) is 0.533. The summed E-state index contributed by atoms with van der Waals surface area (Å²) in [5, 5.41) is 2.70. The molecule has 0 aliphatic carbocycles. The molecule has 1 amide bonds. The number of rotatable bonds is 4. The number of hydrogen-bond donors (Lipinski definition) is 1. The molecule has 0 radical (unpaired) electrons. The minimum Gasteiger partial charge on any atom is -0.496 e. The van der Waals surface area contributed by atoms with Crippen LogP contribution in [0.1, 0.15) is 33.3 Å². The van der Waals surface area contributed by atoms with E-state index in [1.54, 1.807) is 13.2 Å². The maximum atomic E-state index is 11.7. The second-order valence-corrected chi connectivity index (χ2v) is 7.20. The van der Waals surface area contributed by atoms with E-state index in [0.29, 0.717) is 10.5 Å². The van der Waals surface area contributed by atoms with Gasteiger partial charge in [0.05, 0.1) is 7.11 Å². The second-order valence-electron chi connectivity index (χ2n) is 5.64. The fourth-order valence-electron chi connectivity index (χ4n) is 1.72. The molecule has 1 unspecified atom stereocenters. The number of benzene rings is 1. The first kappa shape index (κ1) is 16.8. The van der Waals surface area contributed by atoms with E-state index in [1.165, 1.54) is 0 Å². The van der Waals surface area contributed by atoms with Crippen molar-refractivity contribution in [3.63, 3.8) is 0 Å². The van der Waals surface area contributed by atoms with Crippen LogP contribution in [-0.2, 0) is 11.2 Å². The van der Waals surface area contributed by atoms with Gasteiger partial charge in [0.2, 0.25) is 0 Å². The van der Waals surface area contributed by atoms with E-state index in [2.05, 4.69) is 28.2 Å². The number of halogens is 1. The zero-order valence-corrected chi connectivity index (χ0v) is 14.2. The first-order valence-corrected chi connectivity index (χ1v) is 7.44. The van der Waals surface area contributed by atoms with Crippen LogP contribution in [0.15, 0.2) is 18.2 Å². The Labute approximate surface area is 129 Å². The number of ether oxygens (including phenoxy) is 2. The van der Waals surface area contributed by atoms with Crippen molar-refractivity contribution in [3.8, 4) is 5.75 Å². The van der Waals surface area contributed by atoms with Crippen LogP contribution in [0.5, 0.6) is 5.75 Å². The summed E-state index contributed by atoms with van der Waals surface area (Å²) in [6, 6.07) is 5.59. The van der Waals surface area contributed by atoms with Crippen molar-refractivity contribution in [1.82, 2.24) is 0 Å². The first-order chi connectivity index (χ1) is 9.21. The van der Waals surface area contributed by atoms with E-state index < -0.39 is 11.7 Å². The summed E-state index contributed by atoms with van der Waals surface area (Å²) in [6.07, 6.45) is 0.386. The average Bonchev–Trinajstić information content (AvgIpc) is 2.27. The van der Waals surface area contributed by atoms with Crippen LogP contribution in [0.4, 0.5) is 10.5 Å². The molecule has 0 fully saturated rings. The summed E-state index contributed by atoms with van der Waals surface area (Å²) in [5.74, 6) is 0.754. The van der Waals surface area contributed by atoms with Crippen LogP contribution in [0, 0.1) is 0 Å². The Balaban J connectivity index is 2.80. The highest BCUT2D eigenvalue weighted by molar-refractivity contribution is 9.09. The molecule has 20 heavy (non-hydrogen) atoms. The molecular weight excluding hydrogens is 322 g/mol. The van der Waals surface area contributed by atoms with Gasteiger partial charge in [-0.3, -0.25) is 5.32 Å². The van der Waals surface area contributed by atoms with E-state index in [9.17, 15) is 4.79 Å². The van der Waals surface area contributed by atoms with Gasteiger partial charge in [0.25, 0.3) is 0 Å². The van der Waals surface area contributed by atoms with Crippen molar-refractivity contribution < 1.29 is 14.3 Å². The van der Waals surface area contributed by atoms with Crippen molar-refractivity contribution in [2.45, 2.75) is 44.5 Å². The van der Waals surface area contributed by atoms with Crippen LogP contribution >= 0.6 is 15.9 Å². The quantitative estimate of drug-likeness (QED) is 0.825. The molecule has 0 aliphatic rings. The Kier molecular flexibility index (Phi) is 5.87. The standard InChI is InChI=1S/C15H22BrNO3/c1-10(16)8-11-6-7-12(9-13(11)19-5)17-14(18)20-15(2,3)4/h6-7,9-10H,8H2,1-5H3,(H,17,18). The highest BCUT2D eigenvalue weighted by Gasteiger charge is 2.16. The van der Waals surface area contributed by atoms with Crippen molar-refractivity contribution >= 4 is 27.7 Å². The molecule has 0 saturated carbocycles. The number of nitrogens with one attached hydrogen (secondary N) is 1. The number of hydrogen-bond acceptors (Lipinski definition) is 3. The van der Waals surface area contributed by atoms with E-state index in [-0.39, 0.29) is 0 Å². The van der Waals surface area contributed by atoms with Gasteiger partial charge >= 0.3 is 6.09 Å². The van der Waals surface area contributed by atoms with Gasteiger partial charge in [-0.2, -0.15) is 0 Å². The molecule has 4 nitrogen and oxygen atoms in total. The molecular formula is C15H22BrNO3. The molecule has 0 aliphatic heterocycles. The third-order valence-corrected chi connectivity index (χ3v) is 2.76. The molecule has 5 heteroatoms. The number of amides is 1. The van der Waals surface area contributed by atoms with E-state index in [1.807, 2.05) is 32.9 Å². The van der Waals surface area contributed by atoms with Crippen molar-refractivity contribution in [3.05, 3.63) is 23.8 Å². The summed E-state index contributed by atoms with van der Waals surface area (Å²) >= 11 is 3.52. The van der Waals surface area contributed by atoms with Crippen LogP contribution in [0.2, 0.25) is 0 Å². The van der Waals surface area contributed by atoms with E-state index in [4.69, 9.17) is 9.47 Å². The summed E-state index contributed by atoms with van der Waals surface area (Å²) in [7, 11) is 1.62. The maximum absolute atomic E-state index is 11.7. The molecule has 0 heterocycles. The average molecular weight is 344 g/mol. The van der Waals surface area contributed by atoms with Crippen LogP contribution in [0.3, 0.4) is 0 Å². The Hall–Kier alpha value is -1.23. The second kappa shape index (κ2) is 6.97. The third-order valence-electron chi connectivity index (χ3n) is 2.43. The van der Waals surface area contributed by atoms with Gasteiger partial charge in [-0.1, -0.05) is 28.9 Å². The van der Waals surface area contributed by atoms with Gasteiger partial charge in [0.15, 0.2) is 0 Å². The summed E-state index contributed by atoms with van der Waals surface area (Å²) < 4.78 is 10.6. The van der Waals surface area contributed by atoms with Gasteiger partial charge in [-0.05, 0) is 38.8 Å². The maximum Gasteiger partial charge on any atom is 0.412 e. The lowest BCUT2D eigenvalue weighted by Crippen LogP contribution is -2.27. The smallest absolute Gasteiger partial charge is 0.412 e. The molecule has 1 rings (SSSR count). The highest BCUT2D eigenvalue weighted by atomic mass is 79.9. The van der Waals surface area contributed by atoms with Crippen molar-refractivity contribution in [2.24, 2.45) is 0 Å². The van der Waals surface area contributed by atoms with E-state index in [0.717, 1.165) is 17.7 Å². The number of alkyl halides is 1. The summed E-state index contributed by atoms with van der Waals surface area (Å²) in [4.78, 5) is 12.1. The predicted molar refractivity (Wildman–Crippen MR) is 84.9 cm³/mol. The summed E-state index contributed by atoms with van der Waals surface area (Å²) in [5.41, 5.74) is 1.23. The Morgan fingerprint density at radius 2 is 2.05 bits per heavy atom. The van der Waals surface area contributed by atoms with Gasteiger partial charge in [-0.15, -0.1) is 0 Å². The fourth-order valence-corrected chi connectivity index (χ4v) is 2.06. The monoisotopic (exact) mass is 343 g/mol. The number of carbonyl (C=O) groups is 1. The van der Waals surface area contributed by atoms with Gasteiger partial charge in [-0.25, -0.2) is 4.79 Å². The zero-order valence-electron chi connectivity index (χ0n) is 12.6. The number of anilines is 1. The minimum atomic E-state index is -0.514. The molecule has 0 spiro atoms. The normalized spacial score (nSPS) is 12.7. The molecule has 0 saturated heterocycles. The van der Waals surface area contributed by atoms with Crippen LogP contribution < -0.4 is 10.1 Å². The van der Waals surface area contributed by atoms with Crippen molar-refractivity contribution in [1.29, 1.82) is 0 Å². The Morgan fingerprint density at radius 3 is 2.55 bits per heavy atom. The number of carbonyl (C=O) groups excluding carboxylic acids is 1. The predicted octanol–water partition coefficient (Wildman–Crippen LogP) is 4.37. The van der Waals surface area contributed by atoms with Gasteiger partial charge in [0.1, 0.15) is 11.4 Å².